The van der Waals surface area contributed by atoms with Crippen LogP contribution >= 0.6 is 0 Å². The van der Waals surface area contributed by atoms with Crippen molar-refractivity contribution in [3.8, 4) is 0 Å². The molecule has 1 aromatic carbocycles. The number of anilines is 2. The molecule has 0 spiro atoms. The summed E-state index contributed by atoms with van der Waals surface area (Å²) in [5.41, 5.74) is 9.74. The minimum Gasteiger partial charge on any atom is -0.368 e. The van der Waals surface area contributed by atoms with Crippen LogP contribution in [0.4, 0.5) is 11.9 Å². The lowest BCUT2D eigenvalue weighted by Crippen LogP contribution is -2.22. The van der Waals surface area contributed by atoms with Crippen LogP contribution in [0.3, 0.4) is 0 Å². The molecule has 0 saturated carbocycles. The zero-order valence-corrected chi connectivity index (χ0v) is 13.8. The number of aryl methyl sites for hydroxylation is 4. The van der Waals surface area contributed by atoms with Crippen molar-refractivity contribution in [1.29, 1.82) is 0 Å². The number of nitrogens with two attached hydrogens (primary N) is 1. The number of nitrogens with zero attached hydrogens (tertiary/aromatic N) is 3. The Morgan fingerprint density at radius 2 is 1.91 bits per heavy atom. The van der Waals surface area contributed by atoms with Crippen molar-refractivity contribution in [3.05, 3.63) is 40.7 Å². The highest BCUT2D eigenvalue weighted by Crippen LogP contribution is 2.16. The maximum Gasteiger partial charge on any atom is 0.227 e. The first-order valence-corrected chi connectivity index (χ1v) is 7.78. The second-order valence-electron chi connectivity index (χ2n) is 5.78. The SMILES string of the molecule is CCC(CCc1ccc(C)cc1C)Nc1nc(C)nc(N)n1. The van der Waals surface area contributed by atoms with Crippen molar-refractivity contribution in [2.45, 2.75) is 53.0 Å². The molecule has 1 atom stereocenters. The van der Waals surface area contributed by atoms with Crippen LogP contribution in [0, 0.1) is 20.8 Å². The molecule has 0 aliphatic rings. The molecule has 0 saturated heterocycles. The molecular weight excluding hydrogens is 274 g/mol. The maximum absolute atomic E-state index is 5.67. The number of hydrogen-bond acceptors (Lipinski definition) is 5. The molecule has 118 valence electrons. The number of hydrogen-bond donors (Lipinski definition) is 2. The standard InChI is InChI=1S/C17H25N5/c1-5-15(21-17-20-13(4)19-16(18)22-17)9-8-14-7-6-11(2)10-12(14)3/h6-7,10,15H,5,8-9H2,1-4H3,(H3,18,19,20,21,22). The van der Waals surface area contributed by atoms with Gasteiger partial charge in [-0.25, -0.2) is 0 Å². The fourth-order valence-electron chi connectivity index (χ4n) is 2.58. The van der Waals surface area contributed by atoms with E-state index in [0.717, 1.165) is 19.3 Å². The van der Waals surface area contributed by atoms with Crippen LogP contribution in [-0.4, -0.2) is 21.0 Å². The molecule has 0 fully saturated rings. The maximum atomic E-state index is 5.67. The summed E-state index contributed by atoms with van der Waals surface area (Å²) in [5, 5.41) is 3.37. The van der Waals surface area contributed by atoms with Crippen molar-refractivity contribution in [2.75, 3.05) is 11.1 Å². The van der Waals surface area contributed by atoms with Crippen molar-refractivity contribution < 1.29 is 0 Å². The summed E-state index contributed by atoms with van der Waals surface area (Å²) < 4.78 is 0. The minimum atomic E-state index is 0.263. The van der Waals surface area contributed by atoms with Crippen molar-refractivity contribution in [3.63, 3.8) is 0 Å². The molecule has 1 heterocycles. The highest BCUT2D eigenvalue weighted by atomic mass is 15.2. The van der Waals surface area contributed by atoms with Crippen molar-refractivity contribution in [2.24, 2.45) is 0 Å². The molecule has 3 N–H and O–H groups in total. The lowest BCUT2D eigenvalue weighted by atomic mass is 9.98. The number of benzene rings is 1. The van der Waals surface area contributed by atoms with E-state index in [1.54, 1.807) is 0 Å². The van der Waals surface area contributed by atoms with Crippen LogP contribution in [0.25, 0.3) is 0 Å². The topological polar surface area (TPSA) is 76.7 Å². The largest absolute Gasteiger partial charge is 0.368 e. The Hall–Kier alpha value is -2.17. The average Bonchev–Trinajstić information content (AvgIpc) is 2.43. The second-order valence-corrected chi connectivity index (χ2v) is 5.78. The quantitative estimate of drug-likeness (QED) is 0.856. The van der Waals surface area contributed by atoms with Crippen LogP contribution < -0.4 is 11.1 Å². The first-order valence-electron chi connectivity index (χ1n) is 7.78. The van der Waals surface area contributed by atoms with E-state index in [-0.39, 0.29) is 5.95 Å². The van der Waals surface area contributed by atoms with E-state index in [4.69, 9.17) is 5.73 Å². The summed E-state index contributed by atoms with van der Waals surface area (Å²) >= 11 is 0. The molecule has 2 rings (SSSR count). The predicted molar refractivity (Wildman–Crippen MR) is 90.9 cm³/mol. The molecule has 1 aromatic heterocycles. The zero-order valence-electron chi connectivity index (χ0n) is 13.8. The monoisotopic (exact) mass is 299 g/mol. The molecule has 0 bridgehead atoms. The van der Waals surface area contributed by atoms with Crippen LogP contribution in [-0.2, 0) is 6.42 Å². The Morgan fingerprint density at radius 1 is 1.14 bits per heavy atom. The molecule has 0 aliphatic heterocycles. The second kappa shape index (κ2) is 7.20. The lowest BCUT2D eigenvalue weighted by Gasteiger charge is -2.18. The molecule has 1 unspecified atom stereocenters. The Bertz CT molecular complexity index is 619. The molecule has 5 heteroatoms. The van der Waals surface area contributed by atoms with E-state index in [1.807, 2.05) is 6.92 Å². The minimum absolute atomic E-state index is 0.263. The Morgan fingerprint density at radius 3 is 2.55 bits per heavy atom. The first kappa shape index (κ1) is 16.2. The number of aromatic nitrogens is 3. The Labute approximate surface area is 132 Å². The van der Waals surface area contributed by atoms with E-state index < -0.39 is 0 Å². The summed E-state index contributed by atoms with van der Waals surface area (Å²) in [6.45, 7) is 8.28. The lowest BCUT2D eigenvalue weighted by molar-refractivity contribution is 0.626. The van der Waals surface area contributed by atoms with Crippen LogP contribution in [0.5, 0.6) is 0 Å². The third kappa shape index (κ3) is 4.41. The van der Waals surface area contributed by atoms with E-state index in [9.17, 15) is 0 Å². The van der Waals surface area contributed by atoms with Gasteiger partial charge in [0, 0.05) is 6.04 Å². The third-order valence-electron chi connectivity index (χ3n) is 3.85. The number of nitrogen functional groups attached to an aromatic ring is 1. The van der Waals surface area contributed by atoms with Crippen molar-refractivity contribution in [1.82, 2.24) is 15.0 Å². The van der Waals surface area contributed by atoms with Crippen LogP contribution in [0.2, 0.25) is 0 Å². The highest BCUT2D eigenvalue weighted by Gasteiger charge is 2.10. The smallest absolute Gasteiger partial charge is 0.227 e. The van der Waals surface area contributed by atoms with Gasteiger partial charge in [-0.2, -0.15) is 15.0 Å². The molecule has 2 aromatic rings. The van der Waals surface area contributed by atoms with Gasteiger partial charge in [0.2, 0.25) is 11.9 Å². The van der Waals surface area contributed by atoms with E-state index in [2.05, 4.69) is 59.2 Å². The third-order valence-corrected chi connectivity index (χ3v) is 3.85. The molecule has 22 heavy (non-hydrogen) atoms. The van der Waals surface area contributed by atoms with E-state index in [1.165, 1.54) is 16.7 Å². The molecule has 0 radical (unpaired) electrons. The van der Waals surface area contributed by atoms with Gasteiger partial charge < -0.3 is 11.1 Å². The summed E-state index contributed by atoms with van der Waals surface area (Å²) in [5.74, 6) is 1.47. The number of nitrogens with one attached hydrogen (secondary N) is 1. The van der Waals surface area contributed by atoms with Gasteiger partial charge in [0.1, 0.15) is 5.82 Å². The van der Waals surface area contributed by atoms with Gasteiger partial charge in [-0.1, -0.05) is 30.7 Å². The van der Waals surface area contributed by atoms with Crippen LogP contribution in [0.1, 0.15) is 42.3 Å². The first-order chi connectivity index (χ1) is 10.5. The number of rotatable bonds is 6. The van der Waals surface area contributed by atoms with Crippen molar-refractivity contribution >= 4 is 11.9 Å². The van der Waals surface area contributed by atoms with Gasteiger partial charge in [0.25, 0.3) is 0 Å². The molecule has 0 aliphatic carbocycles. The molecular formula is C17H25N5. The van der Waals surface area contributed by atoms with E-state index in [0.29, 0.717) is 17.8 Å². The van der Waals surface area contributed by atoms with Gasteiger partial charge in [-0.15, -0.1) is 0 Å². The fourth-order valence-corrected chi connectivity index (χ4v) is 2.58. The van der Waals surface area contributed by atoms with Gasteiger partial charge in [-0.05, 0) is 51.2 Å². The summed E-state index contributed by atoms with van der Waals surface area (Å²) in [6.07, 6.45) is 3.08. The van der Waals surface area contributed by atoms with Gasteiger partial charge in [-0.3, -0.25) is 0 Å². The molecule has 0 amide bonds. The fraction of sp³-hybridized carbons (Fsp3) is 0.471. The Kier molecular flexibility index (Phi) is 5.31. The van der Waals surface area contributed by atoms with Gasteiger partial charge in [0.15, 0.2) is 0 Å². The van der Waals surface area contributed by atoms with Gasteiger partial charge in [0.05, 0.1) is 0 Å². The summed E-state index contributed by atoms with van der Waals surface area (Å²) in [7, 11) is 0. The Balaban J connectivity index is 2.00. The zero-order chi connectivity index (χ0) is 16.1. The van der Waals surface area contributed by atoms with Crippen LogP contribution in [0.15, 0.2) is 18.2 Å². The molecule has 5 nitrogen and oxygen atoms in total. The average molecular weight is 299 g/mol. The summed E-state index contributed by atoms with van der Waals surface area (Å²) in [4.78, 5) is 12.4. The predicted octanol–water partition coefficient (Wildman–Crippen LogP) is 3.20. The van der Waals surface area contributed by atoms with Gasteiger partial charge >= 0.3 is 0 Å². The van der Waals surface area contributed by atoms with E-state index >= 15 is 0 Å². The highest BCUT2D eigenvalue weighted by molar-refractivity contribution is 5.33. The normalized spacial score (nSPS) is 12.2. The summed E-state index contributed by atoms with van der Waals surface area (Å²) in [6, 6.07) is 6.96.